The van der Waals surface area contributed by atoms with Gasteiger partial charge in [-0.25, -0.2) is 0 Å². The van der Waals surface area contributed by atoms with Gasteiger partial charge in [-0.1, -0.05) is 95.8 Å². The van der Waals surface area contributed by atoms with Crippen LogP contribution >= 0.6 is 0 Å². The lowest BCUT2D eigenvalue weighted by Crippen LogP contribution is -2.34. The Morgan fingerprint density at radius 3 is 2.17 bits per heavy atom. The highest BCUT2D eigenvalue weighted by Gasteiger charge is 2.17. The van der Waals surface area contributed by atoms with Crippen LogP contribution in [0.1, 0.15) is 89.5 Å². The molecule has 4 heteroatoms. The minimum Gasteiger partial charge on any atom is -0.465 e. The quantitative estimate of drug-likeness (QED) is 0.257. The fraction of sp³-hybridized carbons (Fsp3) is 0.640. The molecule has 1 aromatic carbocycles. The number of carbonyl (C=O) groups excluding carboxylic acids is 1. The van der Waals surface area contributed by atoms with Gasteiger partial charge in [0.2, 0.25) is 0 Å². The fourth-order valence-electron chi connectivity index (χ4n) is 3.84. The van der Waals surface area contributed by atoms with E-state index in [0.29, 0.717) is 13.0 Å². The van der Waals surface area contributed by atoms with Gasteiger partial charge < -0.3 is 15.5 Å². The smallest absolute Gasteiger partial charge is 0.323 e. The summed E-state index contributed by atoms with van der Waals surface area (Å²) in [5, 5.41) is 1.12. The number of aromatic nitrogens is 1. The van der Waals surface area contributed by atoms with Crippen LogP contribution in [-0.4, -0.2) is 23.6 Å². The van der Waals surface area contributed by atoms with E-state index < -0.39 is 6.04 Å². The summed E-state index contributed by atoms with van der Waals surface area (Å²) in [4.78, 5) is 15.4. The molecule has 0 aliphatic rings. The highest BCUT2D eigenvalue weighted by Crippen LogP contribution is 2.19. The zero-order chi connectivity index (χ0) is 20.7. The number of aromatic amines is 1. The predicted octanol–water partition coefficient (Wildman–Crippen LogP) is 6.28. The van der Waals surface area contributed by atoms with Crippen molar-refractivity contribution in [3.8, 4) is 0 Å². The van der Waals surface area contributed by atoms with Gasteiger partial charge in [-0.05, 0) is 18.1 Å². The van der Waals surface area contributed by atoms with Gasteiger partial charge in [-0.2, -0.15) is 0 Å². The van der Waals surface area contributed by atoms with Gasteiger partial charge in [0.15, 0.2) is 0 Å². The molecule has 0 aliphatic carbocycles. The predicted molar refractivity (Wildman–Crippen MR) is 122 cm³/mol. The second-order valence-corrected chi connectivity index (χ2v) is 8.23. The normalized spacial score (nSPS) is 12.3. The lowest BCUT2D eigenvalue weighted by molar-refractivity contribution is -0.145. The van der Waals surface area contributed by atoms with E-state index in [9.17, 15) is 4.79 Å². The molecule has 1 aromatic heterocycles. The summed E-state index contributed by atoms with van der Waals surface area (Å²) < 4.78 is 5.38. The molecule has 0 radical (unpaired) electrons. The topological polar surface area (TPSA) is 68.1 Å². The number of esters is 1. The van der Waals surface area contributed by atoms with E-state index in [1.165, 1.54) is 64.2 Å². The summed E-state index contributed by atoms with van der Waals surface area (Å²) in [5.74, 6) is -0.293. The van der Waals surface area contributed by atoms with Gasteiger partial charge in [-0.3, -0.25) is 4.79 Å². The van der Waals surface area contributed by atoms with Gasteiger partial charge in [0.25, 0.3) is 0 Å². The van der Waals surface area contributed by atoms with Crippen molar-refractivity contribution in [2.75, 3.05) is 6.61 Å². The van der Waals surface area contributed by atoms with Gasteiger partial charge in [0.1, 0.15) is 6.04 Å². The molecule has 4 nitrogen and oxygen atoms in total. The molecule has 0 aliphatic heterocycles. The van der Waals surface area contributed by atoms with Crippen LogP contribution in [0.5, 0.6) is 0 Å². The molecular weight excluding hydrogens is 360 g/mol. The van der Waals surface area contributed by atoms with E-state index in [2.05, 4.69) is 11.9 Å². The van der Waals surface area contributed by atoms with Crippen molar-refractivity contribution in [3.63, 3.8) is 0 Å². The van der Waals surface area contributed by atoms with E-state index in [1.54, 1.807) is 0 Å². The average Bonchev–Trinajstić information content (AvgIpc) is 3.14. The van der Waals surface area contributed by atoms with Crippen molar-refractivity contribution in [2.45, 2.75) is 96.4 Å². The maximum absolute atomic E-state index is 12.1. The number of fused-ring (bicyclic) bond motifs is 1. The molecule has 29 heavy (non-hydrogen) atoms. The number of benzene rings is 1. The highest BCUT2D eigenvalue weighted by molar-refractivity contribution is 5.84. The second-order valence-electron chi connectivity index (χ2n) is 8.23. The van der Waals surface area contributed by atoms with Crippen LogP contribution in [0.25, 0.3) is 10.9 Å². The van der Waals surface area contributed by atoms with Crippen molar-refractivity contribution in [1.82, 2.24) is 4.98 Å². The van der Waals surface area contributed by atoms with E-state index in [0.717, 1.165) is 29.3 Å². The number of unbranched alkanes of at least 4 members (excludes halogenated alkanes) is 11. The molecule has 0 amide bonds. The summed E-state index contributed by atoms with van der Waals surface area (Å²) in [6, 6.07) is 7.46. The number of para-hydroxylation sites is 1. The third kappa shape index (κ3) is 9.03. The molecule has 0 bridgehead atoms. The standard InChI is InChI=1S/C25H40N2O2/c1-2-3-4-5-6-7-8-9-10-11-12-15-18-29-25(28)23(26)19-21-20-27-24-17-14-13-16-22(21)24/h13-14,16-17,20,23,27H,2-12,15,18-19,26H2,1H3. The fourth-order valence-corrected chi connectivity index (χ4v) is 3.84. The first kappa shape index (κ1) is 23.5. The number of hydrogen-bond donors (Lipinski definition) is 2. The van der Waals surface area contributed by atoms with Gasteiger partial charge in [-0.15, -0.1) is 0 Å². The summed E-state index contributed by atoms with van der Waals surface area (Å²) in [5.41, 5.74) is 8.19. The molecule has 1 heterocycles. The number of H-pyrrole nitrogens is 1. The highest BCUT2D eigenvalue weighted by atomic mass is 16.5. The Kier molecular flexibility index (Phi) is 11.5. The number of carbonyl (C=O) groups is 1. The summed E-state index contributed by atoms with van der Waals surface area (Å²) >= 11 is 0. The third-order valence-corrected chi connectivity index (χ3v) is 5.66. The van der Waals surface area contributed by atoms with Crippen molar-refractivity contribution in [1.29, 1.82) is 0 Å². The molecule has 3 N–H and O–H groups in total. The molecule has 1 atom stereocenters. The molecule has 1 unspecified atom stereocenters. The van der Waals surface area contributed by atoms with Crippen LogP contribution in [0, 0.1) is 0 Å². The van der Waals surface area contributed by atoms with Crippen LogP contribution in [0.4, 0.5) is 0 Å². The van der Waals surface area contributed by atoms with Crippen molar-refractivity contribution in [2.24, 2.45) is 5.73 Å². The molecule has 162 valence electrons. The molecule has 0 spiro atoms. The van der Waals surface area contributed by atoms with E-state index >= 15 is 0 Å². The van der Waals surface area contributed by atoms with E-state index in [1.807, 2.05) is 30.5 Å². The Hall–Kier alpha value is -1.81. The van der Waals surface area contributed by atoms with Crippen molar-refractivity contribution < 1.29 is 9.53 Å². The monoisotopic (exact) mass is 400 g/mol. The van der Waals surface area contributed by atoms with Crippen LogP contribution in [0.15, 0.2) is 30.5 Å². The number of nitrogens with one attached hydrogen (secondary N) is 1. The summed E-state index contributed by atoms with van der Waals surface area (Å²) in [6.45, 7) is 2.75. The molecule has 0 saturated carbocycles. The zero-order valence-electron chi connectivity index (χ0n) is 18.3. The number of ether oxygens (including phenoxy) is 1. The number of nitrogens with two attached hydrogens (primary N) is 1. The van der Waals surface area contributed by atoms with Crippen LogP contribution in [0.3, 0.4) is 0 Å². The second kappa shape index (κ2) is 14.2. The first-order chi connectivity index (χ1) is 14.2. The Morgan fingerprint density at radius 2 is 1.52 bits per heavy atom. The molecule has 2 aromatic rings. The molecule has 2 rings (SSSR count). The summed E-state index contributed by atoms with van der Waals surface area (Å²) in [7, 11) is 0. The average molecular weight is 401 g/mol. The number of rotatable bonds is 16. The molecule has 0 fully saturated rings. The number of hydrogen-bond acceptors (Lipinski definition) is 3. The Bertz CT molecular complexity index is 695. The largest absolute Gasteiger partial charge is 0.465 e. The van der Waals surface area contributed by atoms with Crippen molar-refractivity contribution >= 4 is 16.9 Å². The molecular formula is C25H40N2O2. The van der Waals surface area contributed by atoms with Crippen LogP contribution in [0.2, 0.25) is 0 Å². The maximum Gasteiger partial charge on any atom is 0.323 e. The van der Waals surface area contributed by atoms with Crippen LogP contribution in [-0.2, 0) is 16.0 Å². The minimum absolute atomic E-state index is 0.293. The van der Waals surface area contributed by atoms with Gasteiger partial charge in [0.05, 0.1) is 6.61 Å². The Labute approximate surface area is 176 Å². The minimum atomic E-state index is -0.605. The Balaban J connectivity index is 1.46. The van der Waals surface area contributed by atoms with Gasteiger partial charge in [0, 0.05) is 23.5 Å². The molecule has 0 saturated heterocycles. The first-order valence-corrected chi connectivity index (χ1v) is 11.7. The Morgan fingerprint density at radius 1 is 0.931 bits per heavy atom. The summed E-state index contributed by atoms with van der Waals surface area (Å²) in [6.07, 6.45) is 18.0. The lowest BCUT2D eigenvalue weighted by Gasteiger charge is -2.11. The van der Waals surface area contributed by atoms with Gasteiger partial charge >= 0.3 is 5.97 Å². The van der Waals surface area contributed by atoms with Crippen LogP contribution < -0.4 is 5.73 Å². The maximum atomic E-state index is 12.1. The SMILES string of the molecule is CCCCCCCCCCCCCCOC(=O)C(N)Cc1c[nH]c2ccccc12. The zero-order valence-corrected chi connectivity index (χ0v) is 18.3. The van der Waals surface area contributed by atoms with Crippen molar-refractivity contribution in [3.05, 3.63) is 36.0 Å². The first-order valence-electron chi connectivity index (χ1n) is 11.7. The lowest BCUT2D eigenvalue weighted by atomic mass is 10.1. The van der Waals surface area contributed by atoms with E-state index in [4.69, 9.17) is 10.5 Å². The third-order valence-electron chi connectivity index (χ3n) is 5.66. The van der Waals surface area contributed by atoms with E-state index in [-0.39, 0.29) is 5.97 Å².